The van der Waals surface area contributed by atoms with Gasteiger partial charge >= 0.3 is 39.0 Å². The average Bonchev–Trinajstić information content (AvgIpc) is 4.09. The van der Waals surface area contributed by atoms with E-state index in [9.17, 15) is 0 Å². The van der Waals surface area contributed by atoms with Crippen molar-refractivity contribution >= 4 is 0 Å². The summed E-state index contributed by atoms with van der Waals surface area (Å²) in [6.45, 7) is 0. The third kappa shape index (κ3) is 16.2. The van der Waals surface area contributed by atoms with Crippen molar-refractivity contribution in [2.75, 3.05) is 0 Å². The standard InChI is InChI=1S/4C10H8N2.C10H14.2Ru/c4*1-3-7-11-9(5-1)10-6-2-4-8-12-10;1-2-6-9(5-1)10-7-3-4-8-10;;/h4*1-8H;5-10H,1-4H2;;/q;;;;-4;2*+2. The van der Waals surface area contributed by atoms with Crippen molar-refractivity contribution in [1.29, 1.82) is 0 Å². The molecule has 8 heterocycles. The molecule has 0 aromatic carbocycles. The van der Waals surface area contributed by atoms with Crippen molar-refractivity contribution in [1.82, 2.24) is 39.9 Å². The van der Waals surface area contributed by atoms with Gasteiger partial charge in [-0.1, -0.05) is 48.5 Å². The van der Waals surface area contributed by atoms with Gasteiger partial charge in [-0.15, -0.1) is 0 Å². The van der Waals surface area contributed by atoms with Gasteiger partial charge in [0.25, 0.3) is 0 Å². The number of hydrogen-bond donors (Lipinski definition) is 0. The van der Waals surface area contributed by atoms with Gasteiger partial charge in [0.15, 0.2) is 0 Å². The Bertz CT molecular complexity index is 1750. The summed E-state index contributed by atoms with van der Waals surface area (Å²) in [6.07, 6.45) is 29.2. The SMILES string of the molecule is [CH-]1CC[CH-]C1C1[CH-]CC[CH-]1.[Ru+2].[Ru+2].c1ccc(-c2ccccn2)nc1.c1ccc(-c2ccccn2)nc1.c1ccc(-c2ccccn2)nc1.c1ccc(-c2ccccn2)nc1. The molecular formula is C50H46N8Ru2. The second-order valence-corrected chi connectivity index (χ2v) is 13.0. The molecule has 2 aliphatic rings. The second kappa shape index (κ2) is 28.0. The number of rotatable bonds is 5. The predicted molar refractivity (Wildman–Crippen MR) is 233 cm³/mol. The molecular weight excluding hydrogens is 915 g/mol. The first-order chi connectivity index (χ1) is 28.8. The zero-order chi connectivity index (χ0) is 39.7. The molecule has 0 radical (unpaired) electrons. The number of aromatic nitrogens is 8. The molecule has 2 aliphatic carbocycles. The van der Waals surface area contributed by atoms with E-state index in [-0.39, 0.29) is 39.0 Å². The summed E-state index contributed by atoms with van der Waals surface area (Å²) in [4.78, 5) is 33.5. The van der Waals surface area contributed by atoms with Crippen molar-refractivity contribution in [2.24, 2.45) is 11.8 Å². The topological polar surface area (TPSA) is 103 Å². The van der Waals surface area contributed by atoms with E-state index in [1.54, 1.807) is 49.6 Å². The summed E-state index contributed by atoms with van der Waals surface area (Å²) in [7, 11) is 0. The van der Waals surface area contributed by atoms with E-state index in [1.807, 2.05) is 146 Å². The van der Waals surface area contributed by atoms with Crippen molar-refractivity contribution in [3.63, 3.8) is 0 Å². The Morgan fingerprint density at radius 3 is 0.517 bits per heavy atom. The van der Waals surface area contributed by atoms with Crippen LogP contribution in [0.2, 0.25) is 0 Å². The van der Waals surface area contributed by atoms with Crippen LogP contribution in [0.3, 0.4) is 0 Å². The fourth-order valence-corrected chi connectivity index (χ4v) is 6.09. The van der Waals surface area contributed by atoms with Gasteiger partial charge in [-0.2, -0.15) is 0 Å². The Kier molecular flexibility index (Phi) is 22.0. The molecule has 60 heavy (non-hydrogen) atoms. The predicted octanol–water partition coefficient (Wildman–Crippen LogP) is 11.2. The Hall–Kier alpha value is -5.55. The molecule has 0 atom stereocenters. The van der Waals surface area contributed by atoms with Crippen LogP contribution in [0.25, 0.3) is 45.6 Å². The molecule has 0 aliphatic heterocycles. The Balaban J connectivity index is 0.000000164. The van der Waals surface area contributed by atoms with Gasteiger partial charge in [0.2, 0.25) is 0 Å². The number of hydrogen-bond acceptors (Lipinski definition) is 8. The average molecular weight is 961 g/mol. The Morgan fingerprint density at radius 1 is 0.250 bits per heavy atom. The van der Waals surface area contributed by atoms with Crippen molar-refractivity contribution in [3.05, 3.63) is 221 Å². The smallest absolute Gasteiger partial charge is 0.361 e. The van der Waals surface area contributed by atoms with Crippen LogP contribution in [0.1, 0.15) is 25.7 Å². The van der Waals surface area contributed by atoms with Crippen LogP contribution < -0.4 is 0 Å². The van der Waals surface area contributed by atoms with Crippen LogP contribution >= 0.6 is 0 Å². The van der Waals surface area contributed by atoms with Crippen LogP contribution in [0, 0.1) is 37.5 Å². The van der Waals surface area contributed by atoms with Gasteiger partial charge in [-0.05, 0) is 97.1 Å². The largest absolute Gasteiger partial charge is 2.00 e. The third-order valence-electron chi connectivity index (χ3n) is 8.90. The summed E-state index contributed by atoms with van der Waals surface area (Å²) < 4.78 is 0. The van der Waals surface area contributed by atoms with E-state index in [4.69, 9.17) is 0 Å². The quantitative estimate of drug-likeness (QED) is 0.124. The first kappa shape index (κ1) is 47.1. The molecule has 8 nitrogen and oxygen atoms in total. The molecule has 0 amide bonds. The zero-order valence-corrected chi connectivity index (χ0v) is 36.5. The van der Waals surface area contributed by atoms with Crippen LogP contribution in [0.4, 0.5) is 0 Å². The summed E-state index contributed by atoms with van der Waals surface area (Å²) >= 11 is 0. The first-order valence-electron chi connectivity index (χ1n) is 19.5. The summed E-state index contributed by atoms with van der Waals surface area (Å²) in [5.74, 6) is 1.59. The van der Waals surface area contributed by atoms with Crippen molar-refractivity contribution < 1.29 is 39.0 Å². The fraction of sp³-hybridized carbons (Fsp3) is 0.120. The molecule has 10 rings (SSSR count). The molecule has 0 unspecified atom stereocenters. The van der Waals surface area contributed by atoms with Crippen molar-refractivity contribution in [3.8, 4) is 45.6 Å². The maximum atomic E-state index is 4.19. The molecule has 2 saturated carbocycles. The first-order valence-corrected chi connectivity index (χ1v) is 19.5. The van der Waals surface area contributed by atoms with E-state index >= 15 is 0 Å². The monoisotopic (exact) mass is 962 g/mol. The maximum Gasteiger partial charge on any atom is 2.00 e. The van der Waals surface area contributed by atoms with E-state index < -0.39 is 0 Å². The molecule has 8 aromatic rings. The summed E-state index contributed by atoms with van der Waals surface area (Å²) in [5, 5.41) is 0. The van der Waals surface area contributed by atoms with E-state index in [0.717, 1.165) is 57.4 Å². The molecule has 302 valence electrons. The molecule has 8 aromatic heterocycles. The molecule has 0 N–H and O–H groups in total. The van der Waals surface area contributed by atoms with Gasteiger partial charge in [0.05, 0.1) is 45.6 Å². The minimum atomic E-state index is 0. The molecule has 2 fully saturated rings. The van der Waals surface area contributed by atoms with Crippen LogP contribution in [-0.2, 0) is 39.0 Å². The van der Waals surface area contributed by atoms with Gasteiger partial charge in [-0.25, -0.2) is 25.7 Å². The van der Waals surface area contributed by atoms with Gasteiger partial charge in [-0.3, -0.25) is 39.9 Å². The van der Waals surface area contributed by atoms with Gasteiger partial charge in [0.1, 0.15) is 0 Å². The van der Waals surface area contributed by atoms with Crippen LogP contribution in [0.5, 0.6) is 0 Å². The van der Waals surface area contributed by atoms with Gasteiger partial charge < -0.3 is 37.5 Å². The summed E-state index contributed by atoms with van der Waals surface area (Å²) in [5.41, 5.74) is 7.32. The van der Waals surface area contributed by atoms with E-state index in [1.165, 1.54) is 25.7 Å². The second-order valence-electron chi connectivity index (χ2n) is 13.0. The van der Waals surface area contributed by atoms with E-state index in [2.05, 4.69) is 65.6 Å². The Morgan fingerprint density at radius 2 is 0.400 bits per heavy atom. The number of pyridine rings is 8. The summed E-state index contributed by atoms with van der Waals surface area (Å²) in [6, 6.07) is 46.4. The maximum absolute atomic E-state index is 4.19. The van der Waals surface area contributed by atoms with Gasteiger partial charge in [0, 0.05) is 49.6 Å². The molecule has 10 heteroatoms. The van der Waals surface area contributed by atoms with Crippen LogP contribution in [0.15, 0.2) is 195 Å². The van der Waals surface area contributed by atoms with Crippen LogP contribution in [-0.4, -0.2) is 39.9 Å². The van der Waals surface area contributed by atoms with Crippen molar-refractivity contribution in [2.45, 2.75) is 25.7 Å². The zero-order valence-electron chi connectivity index (χ0n) is 33.1. The Labute approximate surface area is 380 Å². The molecule has 0 bridgehead atoms. The fourth-order valence-electron chi connectivity index (χ4n) is 6.09. The third-order valence-corrected chi connectivity index (χ3v) is 8.90. The minimum Gasteiger partial charge on any atom is -0.361 e. The number of nitrogens with zero attached hydrogens (tertiary/aromatic N) is 8. The van der Waals surface area contributed by atoms with E-state index in [0.29, 0.717) is 0 Å². The molecule has 0 saturated heterocycles. The molecule has 0 spiro atoms. The minimum absolute atomic E-state index is 0. The normalized spacial score (nSPS) is 12.7.